The molecule has 0 fully saturated rings. The van der Waals surface area contributed by atoms with Gasteiger partial charge in [0, 0.05) is 6.04 Å². The number of amides is 1. The van der Waals surface area contributed by atoms with Gasteiger partial charge in [0.15, 0.2) is 0 Å². The van der Waals surface area contributed by atoms with Gasteiger partial charge < -0.3 is 15.2 Å². The first-order chi connectivity index (χ1) is 5.70. The third kappa shape index (κ3) is 5.97. The van der Waals surface area contributed by atoms with Crippen molar-refractivity contribution in [3.05, 3.63) is 0 Å². The first kappa shape index (κ1) is 11.2. The van der Waals surface area contributed by atoms with Crippen LogP contribution in [0.5, 0.6) is 0 Å². The molecule has 1 unspecified atom stereocenters. The zero-order valence-electron chi connectivity index (χ0n) is 7.67. The smallest absolute Gasteiger partial charge is 0.407 e. The van der Waals surface area contributed by atoms with Crippen molar-refractivity contribution in [1.29, 1.82) is 0 Å². The van der Waals surface area contributed by atoms with E-state index in [1.807, 2.05) is 6.92 Å². The number of hydrogen-bond donors (Lipinski definition) is 2. The van der Waals surface area contributed by atoms with Crippen LogP contribution in [0.3, 0.4) is 0 Å². The maximum Gasteiger partial charge on any atom is 0.407 e. The summed E-state index contributed by atoms with van der Waals surface area (Å²) in [6.07, 6.45) is 1.51. The third-order valence-corrected chi connectivity index (χ3v) is 1.41. The molecule has 0 aliphatic rings. The molecule has 1 amide bonds. The van der Waals surface area contributed by atoms with E-state index in [1.54, 1.807) is 0 Å². The van der Waals surface area contributed by atoms with Crippen LogP contribution in [0.1, 0.15) is 26.7 Å². The molecule has 0 rings (SSSR count). The van der Waals surface area contributed by atoms with E-state index in [0.717, 1.165) is 12.8 Å². The zero-order chi connectivity index (χ0) is 9.40. The predicted octanol–water partition coefficient (Wildman–Crippen LogP) is 0.893. The highest BCUT2D eigenvalue weighted by Gasteiger charge is 2.05. The Balaban J connectivity index is 3.40. The van der Waals surface area contributed by atoms with Gasteiger partial charge >= 0.3 is 6.09 Å². The molecule has 0 heterocycles. The summed E-state index contributed by atoms with van der Waals surface area (Å²) < 4.78 is 4.61. The number of hydrogen-bond acceptors (Lipinski definition) is 3. The van der Waals surface area contributed by atoms with Crippen molar-refractivity contribution in [2.45, 2.75) is 32.7 Å². The van der Waals surface area contributed by atoms with Crippen molar-refractivity contribution in [3.8, 4) is 0 Å². The second-order valence-electron chi connectivity index (χ2n) is 2.69. The number of nitrogens with one attached hydrogen (secondary N) is 1. The van der Waals surface area contributed by atoms with Gasteiger partial charge in [0.25, 0.3) is 0 Å². The number of aliphatic hydroxyl groups excluding tert-OH is 1. The standard InChI is InChI=1S/C8H17NO3/c1-3-4-7(2)9-8(11)12-6-5-10/h7,10H,3-6H2,1-2H3,(H,9,11). The quantitative estimate of drug-likeness (QED) is 0.652. The van der Waals surface area contributed by atoms with Gasteiger partial charge in [0.2, 0.25) is 0 Å². The number of carbonyl (C=O) groups is 1. The minimum absolute atomic E-state index is 0.0602. The average Bonchev–Trinajstić information content (AvgIpc) is 2.01. The summed E-state index contributed by atoms with van der Waals surface area (Å²) in [6, 6.07) is 0.140. The third-order valence-electron chi connectivity index (χ3n) is 1.41. The zero-order valence-corrected chi connectivity index (χ0v) is 7.67. The van der Waals surface area contributed by atoms with Gasteiger partial charge in [-0.3, -0.25) is 0 Å². The molecule has 4 heteroatoms. The van der Waals surface area contributed by atoms with E-state index >= 15 is 0 Å². The molecule has 1 atom stereocenters. The number of aliphatic hydroxyl groups is 1. The lowest BCUT2D eigenvalue weighted by molar-refractivity contribution is 0.116. The van der Waals surface area contributed by atoms with Crippen LogP contribution in [0.2, 0.25) is 0 Å². The molecule has 0 saturated carbocycles. The summed E-state index contributed by atoms with van der Waals surface area (Å²) in [5, 5.41) is 11.0. The largest absolute Gasteiger partial charge is 0.447 e. The Kier molecular flexibility index (Phi) is 6.47. The molecular weight excluding hydrogens is 158 g/mol. The topological polar surface area (TPSA) is 58.6 Å². The summed E-state index contributed by atoms with van der Waals surface area (Å²) in [5.74, 6) is 0. The Morgan fingerprint density at radius 2 is 2.33 bits per heavy atom. The Labute approximate surface area is 72.9 Å². The molecule has 2 N–H and O–H groups in total. The number of ether oxygens (including phenoxy) is 1. The normalized spacial score (nSPS) is 12.2. The summed E-state index contributed by atoms with van der Waals surface area (Å²) in [7, 11) is 0. The predicted molar refractivity (Wildman–Crippen MR) is 45.9 cm³/mol. The minimum Gasteiger partial charge on any atom is -0.447 e. The number of rotatable bonds is 5. The maximum atomic E-state index is 10.8. The van der Waals surface area contributed by atoms with E-state index in [2.05, 4.69) is 17.0 Å². The average molecular weight is 175 g/mol. The van der Waals surface area contributed by atoms with Crippen LogP contribution in [0.25, 0.3) is 0 Å². The summed E-state index contributed by atoms with van der Waals surface area (Å²) in [6.45, 7) is 3.90. The molecule has 12 heavy (non-hydrogen) atoms. The van der Waals surface area contributed by atoms with Crippen LogP contribution in [0.4, 0.5) is 4.79 Å². The molecule has 0 saturated heterocycles. The molecule has 0 aromatic rings. The number of carbonyl (C=O) groups excluding carboxylic acids is 1. The highest BCUT2D eigenvalue weighted by molar-refractivity contribution is 5.67. The summed E-state index contributed by atoms with van der Waals surface area (Å²) >= 11 is 0. The molecule has 0 aromatic carbocycles. The van der Waals surface area contributed by atoms with E-state index < -0.39 is 6.09 Å². The van der Waals surface area contributed by atoms with Gasteiger partial charge in [-0.05, 0) is 13.3 Å². The Hall–Kier alpha value is -0.770. The van der Waals surface area contributed by atoms with Crippen molar-refractivity contribution in [1.82, 2.24) is 5.32 Å². The van der Waals surface area contributed by atoms with Gasteiger partial charge in [0.05, 0.1) is 6.61 Å². The fraction of sp³-hybridized carbons (Fsp3) is 0.875. The van der Waals surface area contributed by atoms with Gasteiger partial charge in [-0.1, -0.05) is 13.3 Å². The van der Waals surface area contributed by atoms with E-state index in [1.165, 1.54) is 0 Å². The maximum absolute atomic E-state index is 10.8. The van der Waals surface area contributed by atoms with E-state index in [9.17, 15) is 4.79 Å². The number of alkyl carbamates (subject to hydrolysis) is 1. The molecule has 72 valence electrons. The monoisotopic (exact) mass is 175 g/mol. The van der Waals surface area contributed by atoms with Crippen LogP contribution in [-0.2, 0) is 4.74 Å². The molecule has 4 nitrogen and oxygen atoms in total. The van der Waals surface area contributed by atoms with Crippen molar-refractivity contribution in [3.63, 3.8) is 0 Å². The van der Waals surface area contributed by atoms with E-state index in [-0.39, 0.29) is 19.3 Å². The molecule has 0 spiro atoms. The SMILES string of the molecule is CCCC(C)NC(=O)OCCO. The second-order valence-corrected chi connectivity index (χ2v) is 2.69. The van der Waals surface area contributed by atoms with E-state index in [0.29, 0.717) is 0 Å². The molecular formula is C8H17NO3. The van der Waals surface area contributed by atoms with Crippen molar-refractivity contribution in [2.75, 3.05) is 13.2 Å². The van der Waals surface area contributed by atoms with Crippen LogP contribution >= 0.6 is 0 Å². The van der Waals surface area contributed by atoms with Gasteiger partial charge in [0.1, 0.15) is 6.61 Å². The lowest BCUT2D eigenvalue weighted by atomic mass is 10.2. The van der Waals surface area contributed by atoms with Crippen molar-refractivity contribution in [2.24, 2.45) is 0 Å². The highest BCUT2D eigenvalue weighted by Crippen LogP contribution is 1.94. The molecule has 0 aliphatic carbocycles. The summed E-state index contributed by atoms with van der Waals surface area (Å²) in [4.78, 5) is 10.8. The molecule has 0 aliphatic heterocycles. The molecule has 0 radical (unpaired) electrons. The highest BCUT2D eigenvalue weighted by atomic mass is 16.6. The minimum atomic E-state index is -0.454. The van der Waals surface area contributed by atoms with Crippen LogP contribution in [0, 0.1) is 0 Å². The fourth-order valence-corrected chi connectivity index (χ4v) is 0.886. The van der Waals surface area contributed by atoms with Gasteiger partial charge in [-0.25, -0.2) is 4.79 Å². The Bertz CT molecular complexity index is 127. The van der Waals surface area contributed by atoms with E-state index in [4.69, 9.17) is 5.11 Å². The molecule has 0 bridgehead atoms. The Morgan fingerprint density at radius 3 is 2.83 bits per heavy atom. The van der Waals surface area contributed by atoms with Crippen LogP contribution in [-0.4, -0.2) is 30.5 Å². The van der Waals surface area contributed by atoms with Gasteiger partial charge in [-0.15, -0.1) is 0 Å². The Morgan fingerprint density at radius 1 is 1.67 bits per heavy atom. The van der Waals surface area contributed by atoms with Crippen LogP contribution in [0.15, 0.2) is 0 Å². The fourth-order valence-electron chi connectivity index (χ4n) is 0.886. The lowest BCUT2D eigenvalue weighted by Crippen LogP contribution is -2.33. The summed E-state index contributed by atoms with van der Waals surface area (Å²) in [5.41, 5.74) is 0. The van der Waals surface area contributed by atoms with Gasteiger partial charge in [-0.2, -0.15) is 0 Å². The second kappa shape index (κ2) is 6.91. The first-order valence-corrected chi connectivity index (χ1v) is 4.24. The van der Waals surface area contributed by atoms with Crippen molar-refractivity contribution < 1.29 is 14.6 Å². The lowest BCUT2D eigenvalue weighted by Gasteiger charge is -2.11. The van der Waals surface area contributed by atoms with Crippen molar-refractivity contribution >= 4 is 6.09 Å². The first-order valence-electron chi connectivity index (χ1n) is 4.24. The van der Waals surface area contributed by atoms with Crippen LogP contribution < -0.4 is 5.32 Å². The molecule has 0 aromatic heterocycles.